The quantitative estimate of drug-likeness (QED) is 0.591. The van der Waals surface area contributed by atoms with E-state index in [9.17, 15) is 4.39 Å². The zero-order valence-corrected chi connectivity index (χ0v) is 6.00. The first-order valence-electron chi connectivity index (χ1n) is 3.34. The summed E-state index contributed by atoms with van der Waals surface area (Å²) >= 11 is 0. The van der Waals surface area contributed by atoms with Crippen molar-refractivity contribution < 1.29 is 4.39 Å². The fourth-order valence-corrected chi connectivity index (χ4v) is 0.659. The molecule has 0 unspecified atom stereocenters. The summed E-state index contributed by atoms with van der Waals surface area (Å²) in [5.74, 6) is 0.508. The number of alkyl halides is 1. The minimum absolute atomic E-state index is 0.144. The molecule has 1 heterocycles. The molecule has 61 valence electrons. The third kappa shape index (κ3) is 2.23. The zero-order chi connectivity index (χ0) is 8.10. The van der Waals surface area contributed by atoms with Crippen LogP contribution in [-0.4, -0.2) is 33.4 Å². The summed E-state index contributed by atoms with van der Waals surface area (Å²) < 4.78 is 11.7. The lowest BCUT2D eigenvalue weighted by atomic mass is 10.4. The SMILES string of the molecule is [NH]CCc1nnn(CCF)n1. The number of tetrazole rings is 1. The van der Waals surface area contributed by atoms with Crippen molar-refractivity contribution >= 4 is 0 Å². The zero-order valence-electron chi connectivity index (χ0n) is 6.00. The Balaban J connectivity index is 2.51. The van der Waals surface area contributed by atoms with Gasteiger partial charge in [0.1, 0.15) is 6.67 Å². The number of hydrogen-bond donors (Lipinski definition) is 0. The molecule has 0 aliphatic rings. The van der Waals surface area contributed by atoms with Crippen LogP contribution in [0.5, 0.6) is 0 Å². The Labute approximate surface area is 63.4 Å². The number of rotatable bonds is 4. The fraction of sp³-hybridized carbons (Fsp3) is 0.800. The van der Waals surface area contributed by atoms with Crippen LogP contribution in [0.2, 0.25) is 0 Å². The van der Waals surface area contributed by atoms with Crippen molar-refractivity contribution in [2.75, 3.05) is 13.2 Å². The Hall–Kier alpha value is -1.04. The van der Waals surface area contributed by atoms with E-state index in [1.54, 1.807) is 0 Å². The first-order valence-corrected chi connectivity index (χ1v) is 3.34. The van der Waals surface area contributed by atoms with Gasteiger partial charge in [-0.1, -0.05) is 0 Å². The number of halogens is 1. The number of nitrogens with zero attached hydrogens (tertiary/aromatic N) is 4. The summed E-state index contributed by atoms with van der Waals surface area (Å²) in [6, 6.07) is 0. The van der Waals surface area contributed by atoms with E-state index in [4.69, 9.17) is 5.73 Å². The standard InChI is InChI=1S/C5H9FN5/c6-2-4-11-9-5(1-3-7)8-10-11/h7H,1-4H2. The largest absolute Gasteiger partial charge is 0.257 e. The monoisotopic (exact) mass is 158 g/mol. The maximum atomic E-state index is 11.7. The molecule has 0 bridgehead atoms. The van der Waals surface area contributed by atoms with E-state index in [1.165, 1.54) is 4.80 Å². The number of aryl methyl sites for hydroxylation is 1. The van der Waals surface area contributed by atoms with E-state index in [1.807, 2.05) is 0 Å². The molecule has 1 aromatic heterocycles. The van der Waals surface area contributed by atoms with Gasteiger partial charge in [0, 0.05) is 13.0 Å². The van der Waals surface area contributed by atoms with Crippen LogP contribution < -0.4 is 5.73 Å². The maximum Gasteiger partial charge on any atom is 0.176 e. The maximum absolute atomic E-state index is 11.7. The van der Waals surface area contributed by atoms with E-state index >= 15 is 0 Å². The van der Waals surface area contributed by atoms with Crippen molar-refractivity contribution in [1.82, 2.24) is 25.9 Å². The average Bonchev–Trinajstić information content (AvgIpc) is 2.38. The number of nitrogens with one attached hydrogen (secondary N) is 1. The van der Waals surface area contributed by atoms with Gasteiger partial charge in [-0.3, -0.25) is 5.73 Å². The highest BCUT2D eigenvalue weighted by atomic mass is 19.1. The van der Waals surface area contributed by atoms with Crippen molar-refractivity contribution in [3.05, 3.63) is 5.82 Å². The molecule has 0 saturated heterocycles. The van der Waals surface area contributed by atoms with Gasteiger partial charge in [0.15, 0.2) is 5.82 Å². The normalized spacial score (nSPS) is 10.4. The van der Waals surface area contributed by atoms with Crippen LogP contribution in [0.15, 0.2) is 0 Å². The summed E-state index contributed by atoms with van der Waals surface area (Å²) in [6.07, 6.45) is 0.478. The molecule has 0 saturated carbocycles. The van der Waals surface area contributed by atoms with Crippen LogP contribution in [0.3, 0.4) is 0 Å². The number of hydrogen-bond acceptors (Lipinski definition) is 3. The van der Waals surface area contributed by atoms with Crippen LogP contribution in [-0.2, 0) is 13.0 Å². The molecule has 0 aliphatic carbocycles. The topological polar surface area (TPSA) is 67.4 Å². The van der Waals surface area contributed by atoms with Gasteiger partial charge >= 0.3 is 0 Å². The highest BCUT2D eigenvalue weighted by molar-refractivity contribution is 4.76. The highest BCUT2D eigenvalue weighted by Gasteiger charge is 1.99. The second-order valence-corrected chi connectivity index (χ2v) is 1.99. The molecule has 6 heteroatoms. The minimum Gasteiger partial charge on any atom is -0.257 e. The Bertz CT molecular complexity index is 190. The molecule has 0 amide bonds. The predicted molar refractivity (Wildman–Crippen MR) is 35.5 cm³/mol. The second kappa shape index (κ2) is 3.97. The Morgan fingerprint density at radius 2 is 2.36 bits per heavy atom. The van der Waals surface area contributed by atoms with Crippen LogP contribution in [0.1, 0.15) is 5.82 Å². The van der Waals surface area contributed by atoms with E-state index in [-0.39, 0.29) is 13.1 Å². The fourth-order valence-electron chi connectivity index (χ4n) is 0.659. The Morgan fingerprint density at radius 3 is 3.00 bits per heavy atom. The molecule has 1 rings (SSSR count). The highest BCUT2D eigenvalue weighted by Crippen LogP contribution is 1.86. The minimum atomic E-state index is -0.489. The first kappa shape index (κ1) is 8.06. The lowest BCUT2D eigenvalue weighted by molar-refractivity contribution is 0.396. The Kier molecular flexibility index (Phi) is 2.91. The molecule has 11 heavy (non-hydrogen) atoms. The Morgan fingerprint density at radius 1 is 1.55 bits per heavy atom. The van der Waals surface area contributed by atoms with Gasteiger partial charge in [-0.2, -0.15) is 4.80 Å². The van der Waals surface area contributed by atoms with Crippen molar-refractivity contribution in [2.45, 2.75) is 13.0 Å². The second-order valence-electron chi connectivity index (χ2n) is 1.99. The molecule has 1 N–H and O–H groups in total. The third-order valence-electron chi connectivity index (χ3n) is 1.13. The summed E-state index contributed by atoms with van der Waals surface area (Å²) in [5.41, 5.74) is 6.86. The lowest BCUT2D eigenvalue weighted by Crippen LogP contribution is -2.04. The van der Waals surface area contributed by atoms with E-state index in [0.29, 0.717) is 12.2 Å². The molecule has 5 nitrogen and oxygen atoms in total. The van der Waals surface area contributed by atoms with Crippen LogP contribution >= 0.6 is 0 Å². The van der Waals surface area contributed by atoms with E-state index < -0.39 is 6.67 Å². The molecule has 0 aromatic carbocycles. The molecule has 1 aromatic rings. The third-order valence-corrected chi connectivity index (χ3v) is 1.13. The van der Waals surface area contributed by atoms with Crippen molar-refractivity contribution in [3.63, 3.8) is 0 Å². The molecule has 0 atom stereocenters. The molecular weight excluding hydrogens is 149 g/mol. The van der Waals surface area contributed by atoms with Gasteiger partial charge in [0.25, 0.3) is 0 Å². The van der Waals surface area contributed by atoms with Gasteiger partial charge in [0.2, 0.25) is 0 Å². The van der Waals surface area contributed by atoms with Crippen molar-refractivity contribution in [3.8, 4) is 0 Å². The summed E-state index contributed by atoms with van der Waals surface area (Å²) in [4.78, 5) is 1.20. The lowest BCUT2D eigenvalue weighted by Gasteiger charge is -1.88. The first-order chi connectivity index (χ1) is 5.36. The van der Waals surface area contributed by atoms with E-state index in [2.05, 4.69) is 15.4 Å². The van der Waals surface area contributed by atoms with Gasteiger partial charge in [-0.25, -0.2) is 4.39 Å². The van der Waals surface area contributed by atoms with Crippen molar-refractivity contribution in [1.29, 1.82) is 0 Å². The molecule has 0 spiro atoms. The van der Waals surface area contributed by atoms with Crippen LogP contribution in [0.25, 0.3) is 0 Å². The predicted octanol–water partition coefficient (Wildman–Crippen LogP) is -0.532. The molecular formula is C5H9FN5. The summed E-state index contributed by atoms with van der Waals surface area (Å²) in [5, 5.41) is 11.0. The average molecular weight is 158 g/mol. The van der Waals surface area contributed by atoms with Crippen LogP contribution in [0, 0.1) is 0 Å². The number of aromatic nitrogens is 4. The molecule has 0 fully saturated rings. The van der Waals surface area contributed by atoms with E-state index in [0.717, 1.165) is 0 Å². The molecule has 0 aliphatic heterocycles. The summed E-state index contributed by atoms with van der Waals surface area (Å²) in [6.45, 7) is -0.108. The smallest absolute Gasteiger partial charge is 0.176 e. The summed E-state index contributed by atoms with van der Waals surface area (Å²) in [7, 11) is 0. The van der Waals surface area contributed by atoms with Crippen LogP contribution in [0.4, 0.5) is 4.39 Å². The van der Waals surface area contributed by atoms with Gasteiger partial charge in [-0.05, 0) is 5.21 Å². The van der Waals surface area contributed by atoms with Crippen molar-refractivity contribution in [2.24, 2.45) is 0 Å². The van der Waals surface area contributed by atoms with Gasteiger partial charge in [-0.15, -0.1) is 10.2 Å². The molecule has 1 radical (unpaired) electrons. The van der Waals surface area contributed by atoms with Gasteiger partial charge in [0.05, 0.1) is 6.54 Å². The van der Waals surface area contributed by atoms with Gasteiger partial charge < -0.3 is 0 Å².